The van der Waals surface area contributed by atoms with Crippen LogP contribution in [0.2, 0.25) is 0 Å². The van der Waals surface area contributed by atoms with Gasteiger partial charge in [0.2, 0.25) is 11.8 Å². The Morgan fingerprint density at radius 1 is 0.714 bits per heavy atom. The molecular formula is C26H43N5O4. The first kappa shape index (κ1) is 30.4. The molecule has 3 aliphatic rings. The predicted octanol–water partition coefficient (Wildman–Crippen LogP) is 3.35. The zero-order chi connectivity index (χ0) is 26.4. The number of ether oxygens (including phenoxy) is 1. The Labute approximate surface area is 209 Å². The van der Waals surface area contributed by atoms with Crippen LogP contribution >= 0.6 is 0 Å². The lowest BCUT2D eigenvalue weighted by Crippen LogP contribution is -2.44. The summed E-state index contributed by atoms with van der Waals surface area (Å²) in [6, 6.07) is 4.17. The van der Waals surface area contributed by atoms with E-state index < -0.39 is 16.7 Å². The number of carbonyl (C=O) groups excluding carboxylic acids is 3. The molecule has 3 aliphatic carbocycles. The molecule has 35 heavy (non-hydrogen) atoms. The molecule has 6 N–H and O–H groups in total. The van der Waals surface area contributed by atoms with E-state index in [0.29, 0.717) is 38.8 Å². The van der Waals surface area contributed by atoms with Crippen molar-refractivity contribution in [3.63, 3.8) is 0 Å². The Morgan fingerprint density at radius 3 is 1.37 bits per heavy atom. The van der Waals surface area contributed by atoms with Crippen molar-refractivity contribution in [3.05, 3.63) is 0 Å². The van der Waals surface area contributed by atoms with E-state index in [1.165, 1.54) is 6.42 Å². The lowest BCUT2D eigenvalue weighted by Gasteiger charge is -2.32. The third-order valence-electron chi connectivity index (χ3n) is 7.70. The zero-order valence-corrected chi connectivity index (χ0v) is 21.3. The minimum absolute atomic E-state index is 0.209. The number of primary amides is 2. The summed E-state index contributed by atoms with van der Waals surface area (Å²) in [5.41, 5.74) is 14.0. The maximum Gasteiger partial charge on any atom is 0.326 e. The van der Waals surface area contributed by atoms with Gasteiger partial charge in [-0.25, -0.2) is 0 Å². The van der Waals surface area contributed by atoms with Crippen molar-refractivity contribution in [1.82, 2.24) is 0 Å². The standard InChI is InChI=1S/C10H15NO2.C8H16N2O.C8H12N2O/c1-2-13-9(12)10(8-11)6-4-3-5-7-10;2*9-6-8(7(10)11)4-2-1-3-5-8/h2-7H2,1H3;1-6,9H2,(H2,10,11);1-5H2,(H2,10,11). The maximum absolute atomic E-state index is 11.5. The number of nitrogens with zero attached hydrogens (tertiary/aromatic N) is 2. The molecule has 0 bridgehead atoms. The van der Waals surface area contributed by atoms with Gasteiger partial charge in [-0.2, -0.15) is 10.5 Å². The number of nitrogens with two attached hydrogens (primary N) is 3. The molecule has 0 aliphatic heterocycles. The van der Waals surface area contributed by atoms with Crippen LogP contribution in [0.25, 0.3) is 0 Å². The Morgan fingerprint density at radius 2 is 1.11 bits per heavy atom. The summed E-state index contributed by atoms with van der Waals surface area (Å²) in [6.45, 7) is 2.55. The summed E-state index contributed by atoms with van der Waals surface area (Å²) in [6.07, 6.45) is 13.9. The average molecular weight is 490 g/mol. The molecule has 0 aromatic carbocycles. The van der Waals surface area contributed by atoms with Gasteiger partial charge in [0.25, 0.3) is 0 Å². The van der Waals surface area contributed by atoms with Crippen LogP contribution in [0.15, 0.2) is 0 Å². The summed E-state index contributed by atoms with van der Waals surface area (Å²) in [4.78, 5) is 33.5. The van der Waals surface area contributed by atoms with E-state index in [2.05, 4.69) is 6.07 Å². The van der Waals surface area contributed by atoms with Crippen LogP contribution in [0, 0.1) is 38.9 Å². The molecule has 0 atom stereocenters. The fraction of sp³-hybridized carbons (Fsp3) is 0.808. The van der Waals surface area contributed by atoms with E-state index in [1.54, 1.807) is 6.92 Å². The summed E-state index contributed by atoms with van der Waals surface area (Å²) in [7, 11) is 0. The fourth-order valence-corrected chi connectivity index (χ4v) is 5.13. The minimum atomic E-state index is -0.835. The number of amides is 2. The monoisotopic (exact) mass is 489 g/mol. The number of hydrogen-bond acceptors (Lipinski definition) is 7. The predicted molar refractivity (Wildman–Crippen MR) is 132 cm³/mol. The van der Waals surface area contributed by atoms with E-state index in [9.17, 15) is 14.4 Å². The second-order valence-corrected chi connectivity index (χ2v) is 10.0. The first-order valence-electron chi connectivity index (χ1n) is 13.0. The maximum atomic E-state index is 11.5. The van der Waals surface area contributed by atoms with Gasteiger partial charge >= 0.3 is 5.97 Å². The van der Waals surface area contributed by atoms with Crippen LogP contribution in [0.4, 0.5) is 0 Å². The van der Waals surface area contributed by atoms with Gasteiger partial charge in [0, 0.05) is 6.54 Å². The van der Waals surface area contributed by atoms with Crippen molar-refractivity contribution < 1.29 is 19.1 Å². The highest BCUT2D eigenvalue weighted by molar-refractivity contribution is 5.83. The van der Waals surface area contributed by atoms with Gasteiger partial charge in [0.05, 0.1) is 24.2 Å². The number of hydrogen-bond donors (Lipinski definition) is 3. The van der Waals surface area contributed by atoms with Crippen molar-refractivity contribution in [2.45, 2.75) is 103 Å². The lowest BCUT2D eigenvalue weighted by atomic mass is 9.73. The van der Waals surface area contributed by atoms with Crippen LogP contribution < -0.4 is 17.2 Å². The van der Waals surface area contributed by atoms with Crippen molar-refractivity contribution in [2.24, 2.45) is 33.4 Å². The van der Waals surface area contributed by atoms with Crippen molar-refractivity contribution in [1.29, 1.82) is 10.5 Å². The smallest absolute Gasteiger partial charge is 0.326 e. The molecule has 2 amide bonds. The molecule has 0 spiro atoms. The molecule has 0 unspecified atom stereocenters. The molecule has 9 nitrogen and oxygen atoms in total. The normalized spacial score (nSPS) is 21.7. The molecule has 0 aromatic rings. The first-order chi connectivity index (χ1) is 16.7. The number of nitriles is 2. The molecule has 0 aromatic heterocycles. The van der Waals surface area contributed by atoms with E-state index in [-0.39, 0.29) is 17.3 Å². The quantitative estimate of drug-likeness (QED) is 0.494. The van der Waals surface area contributed by atoms with E-state index in [1.807, 2.05) is 6.07 Å². The molecule has 3 saturated carbocycles. The highest BCUT2D eigenvalue weighted by Gasteiger charge is 2.41. The second-order valence-electron chi connectivity index (χ2n) is 10.0. The molecular weight excluding hydrogens is 446 g/mol. The Balaban J connectivity index is 0.000000264. The zero-order valence-electron chi connectivity index (χ0n) is 21.3. The van der Waals surface area contributed by atoms with Crippen LogP contribution in [-0.4, -0.2) is 30.9 Å². The van der Waals surface area contributed by atoms with Crippen LogP contribution in [-0.2, 0) is 19.1 Å². The van der Waals surface area contributed by atoms with Gasteiger partial charge < -0.3 is 21.9 Å². The Bertz CT molecular complexity index is 781. The third kappa shape index (κ3) is 8.21. The molecule has 0 heterocycles. The first-order valence-corrected chi connectivity index (χ1v) is 13.0. The molecule has 0 saturated heterocycles. The SMILES string of the molecule is CCOC(=O)C1(C#N)CCCCC1.N#CC1(C(N)=O)CCCCC1.NCC1(C(N)=O)CCCCC1. The minimum Gasteiger partial charge on any atom is -0.465 e. The summed E-state index contributed by atoms with van der Waals surface area (Å²) in [5, 5.41) is 17.7. The van der Waals surface area contributed by atoms with Crippen molar-refractivity contribution in [2.75, 3.05) is 13.2 Å². The van der Waals surface area contributed by atoms with Crippen LogP contribution in [0.3, 0.4) is 0 Å². The summed E-state index contributed by atoms with van der Waals surface area (Å²) >= 11 is 0. The largest absolute Gasteiger partial charge is 0.465 e. The van der Waals surface area contributed by atoms with Gasteiger partial charge in [-0.05, 0) is 45.4 Å². The third-order valence-corrected chi connectivity index (χ3v) is 7.70. The van der Waals surface area contributed by atoms with E-state index >= 15 is 0 Å². The van der Waals surface area contributed by atoms with Gasteiger partial charge in [0.15, 0.2) is 5.41 Å². The number of esters is 1. The Hall–Kier alpha value is -2.65. The number of carbonyl (C=O) groups is 3. The summed E-state index contributed by atoms with van der Waals surface area (Å²) in [5.74, 6) is -0.975. The second kappa shape index (κ2) is 14.7. The van der Waals surface area contributed by atoms with E-state index in [4.69, 9.17) is 32.5 Å². The molecule has 9 heteroatoms. The van der Waals surface area contributed by atoms with Crippen LogP contribution in [0.1, 0.15) is 103 Å². The molecule has 3 rings (SSSR count). The Kier molecular flexibility index (Phi) is 12.7. The van der Waals surface area contributed by atoms with Gasteiger partial charge in [0.1, 0.15) is 5.41 Å². The number of rotatable bonds is 5. The van der Waals surface area contributed by atoms with Crippen molar-refractivity contribution in [3.8, 4) is 12.1 Å². The highest BCUT2D eigenvalue weighted by atomic mass is 16.5. The van der Waals surface area contributed by atoms with Gasteiger partial charge in [-0.1, -0.05) is 57.8 Å². The van der Waals surface area contributed by atoms with E-state index in [0.717, 1.165) is 64.2 Å². The van der Waals surface area contributed by atoms with Crippen molar-refractivity contribution >= 4 is 17.8 Å². The van der Waals surface area contributed by atoms with Gasteiger partial charge in [-0.15, -0.1) is 0 Å². The summed E-state index contributed by atoms with van der Waals surface area (Å²) < 4.78 is 4.91. The molecule has 196 valence electrons. The topological polar surface area (TPSA) is 186 Å². The van der Waals surface area contributed by atoms with Gasteiger partial charge in [-0.3, -0.25) is 14.4 Å². The average Bonchev–Trinajstić information content (AvgIpc) is 2.90. The molecule has 0 radical (unpaired) electrons. The molecule has 3 fully saturated rings. The fourth-order valence-electron chi connectivity index (χ4n) is 5.13. The highest BCUT2D eigenvalue weighted by Crippen LogP contribution is 2.37. The van der Waals surface area contributed by atoms with Crippen LogP contribution in [0.5, 0.6) is 0 Å². The lowest BCUT2D eigenvalue weighted by molar-refractivity contribution is -0.153.